The maximum atomic E-state index is 11.9. The Morgan fingerprint density at radius 3 is 2.67 bits per heavy atom. The van der Waals surface area contributed by atoms with E-state index in [4.69, 9.17) is 9.84 Å². The summed E-state index contributed by atoms with van der Waals surface area (Å²) in [7, 11) is 0. The number of aliphatic hydroxyl groups excluding tert-OH is 1. The minimum atomic E-state index is -0.359. The standard InChI is InChI=1S/C10H18N2O2.C7H10N2O/c1-8(2)9(13)12-5-3-4-10(12)6-11-7-14-10;1-6(10)5-7-8-3-2-4-9-7/h8,11H,3-7H2,1-2H3;2-4,6,10H,5H2,1H3. The van der Waals surface area contributed by atoms with Crippen molar-refractivity contribution in [1.82, 2.24) is 20.2 Å². The molecule has 2 unspecified atom stereocenters. The number of nitrogens with one attached hydrogen (secondary N) is 1. The number of amides is 1. The Morgan fingerprint density at radius 1 is 1.42 bits per heavy atom. The first-order valence-corrected chi connectivity index (χ1v) is 8.55. The zero-order valence-corrected chi connectivity index (χ0v) is 14.7. The first-order valence-electron chi connectivity index (χ1n) is 8.55. The highest BCUT2D eigenvalue weighted by Gasteiger charge is 2.47. The Bertz CT molecular complexity index is 510. The summed E-state index contributed by atoms with van der Waals surface area (Å²) >= 11 is 0. The molecule has 0 bridgehead atoms. The molecule has 2 atom stereocenters. The molecule has 3 rings (SSSR count). The summed E-state index contributed by atoms with van der Waals surface area (Å²) in [5.74, 6) is 0.970. The van der Waals surface area contributed by atoms with Crippen LogP contribution in [0.5, 0.6) is 0 Å². The van der Waals surface area contributed by atoms with Crippen molar-refractivity contribution >= 4 is 5.91 Å². The van der Waals surface area contributed by atoms with Gasteiger partial charge in [0.15, 0.2) is 5.72 Å². The third-order valence-electron chi connectivity index (χ3n) is 4.14. The molecular formula is C17H28N4O3. The second-order valence-corrected chi connectivity index (χ2v) is 6.63. The number of hydrogen-bond acceptors (Lipinski definition) is 6. The lowest BCUT2D eigenvalue weighted by Gasteiger charge is -2.34. The predicted molar refractivity (Wildman–Crippen MR) is 89.9 cm³/mol. The maximum absolute atomic E-state index is 11.9. The number of aromatic nitrogens is 2. The van der Waals surface area contributed by atoms with E-state index in [9.17, 15) is 4.79 Å². The second-order valence-electron chi connectivity index (χ2n) is 6.63. The highest BCUT2D eigenvalue weighted by Crippen LogP contribution is 2.33. The molecule has 24 heavy (non-hydrogen) atoms. The van der Waals surface area contributed by atoms with Crippen LogP contribution in [-0.2, 0) is 16.0 Å². The van der Waals surface area contributed by atoms with Crippen molar-refractivity contribution < 1.29 is 14.6 Å². The molecule has 1 spiro atoms. The number of aliphatic hydroxyl groups is 1. The number of carbonyl (C=O) groups is 1. The van der Waals surface area contributed by atoms with Gasteiger partial charge in [0.1, 0.15) is 5.82 Å². The number of hydrogen-bond donors (Lipinski definition) is 2. The number of rotatable bonds is 3. The fourth-order valence-corrected chi connectivity index (χ4v) is 2.99. The normalized spacial score (nSPS) is 24.1. The van der Waals surface area contributed by atoms with E-state index in [0.717, 1.165) is 25.9 Å². The quantitative estimate of drug-likeness (QED) is 0.854. The largest absolute Gasteiger partial charge is 0.393 e. The lowest BCUT2D eigenvalue weighted by Crippen LogP contribution is -2.51. The second kappa shape index (κ2) is 8.50. The summed E-state index contributed by atoms with van der Waals surface area (Å²) in [6.07, 6.45) is 5.54. The van der Waals surface area contributed by atoms with Gasteiger partial charge in [-0.25, -0.2) is 9.97 Å². The van der Waals surface area contributed by atoms with Crippen molar-refractivity contribution in [1.29, 1.82) is 0 Å². The van der Waals surface area contributed by atoms with E-state index in [2.05, 4.69) is 15.3 Å². The van der Waals surface area contributed by atoms with Gasteiger partial charge in [0.05, 0.1) is 12.8 Å². The van der Waals surface area contributed by atoms with Gasteiger partial charge in [-0.05, 0) is 25.8 Å². The van der Waals surface area contributed by atoms with Gasteiger partial charge in [0, 0.05) is 37.8 Å². The van der Waals surface area contributed by atoms with Gasteiger partial charge in [0.25, 0.3) is 0 Å². The minimum Gasteiger partial charge on any atom is -0.393 e. The van der Waals surface area contributed by atoms with Gasteiger partial charge in [-0.2, -0.15) is 0 Å². The van der Waals surface area contributed by atoms with E-state index < -0.39 is 0 Å². The van der Waals surface area contributed by atoms with E-state index in [1.165, 1.54) is 0 Å². The molecular weight excluding hydrogens is 308 g/mol. The highest BCUT2D eigenvalue weighted by atomic mass is 16.5. The fraction of sp³-hybridized carbons (Fsp3) is 0.706. The smallest absolute Gasteiger partial charge is 0.227 e. The molecule has 1 aromatic heterocycles. The van der Waals surface area contributed by atoms with Crippen molar-refractivity contribution in [3.8, 4) is 0 Å². The van der Waals surface area contributed by atoms with Crippen LogP contribution in [0.25, 0.3) is 0 Å². The molecule has 0 aliphatic carbocycles. The summed E-state index contributed by atoms with van der Waals surface area (Å²) in [6, 6.07) is 1.76. The van der Waals surface area contributed by atoms with Gasteiger partial charge in [-0.1, -0.05) is 13.8 Å². The Hall–Kier alpha value is -1.57. The van der Waals surface area contributed by atoms with Crippen molar-refractivity contribution in [3.05, 3.63) is 24.3 Å². The molecule has 2 fully saturated rings. The van der Waals surface area contributed by atoms with Gasteiger partial charge in [-0.15, -0.1) is 0 Å². The summed E-state index contributed by atoms with van der Waals surface area (Å²) in [4.78, 5) is 21.7. The highest BCUT2D eigenvalue weighted by molar-refractivity contribution is 5.79. The van der Waals surface area contributed by atoms with E-state index in [-0.39, 0.29) is 23.7 Å². The van der Waals surface area contributed by atoms with E-state index >= 15 is 0 Å². The number of ether oxygens (including phenoxy) is 1. The van der Waals surface area contributed by atoms with Crippen molar-refractivity contribution in [3.63, 3.8) is 0 Å². The molecule has 2 aliphatic rings. The first kappa shape index (κ1) is 18.8. The van der Waals surface area contributed by atoms with Crippen LogP contribution in [0.4, 0.5) is 0 Å². The average molecular weight is 336 g/mol. The SMILES string of the molecule is CC(C)C(=O)N1CCCC12CNCO2.CC(O)Cc1ncccn1. The minimum absolute atomic E-state index is 0.0641. The zero-order chi connectivity index (χ0) is 17.6. The molecule has 2 saturated heterocycles. The van der Waals surface area contributed by atoms with Gasteiger partial charge < -0.3 is 14.7 Å². The Balaban J connectivity index is 0.000000185. The predicted octanol–water partition coefficient (Wildman–Crippen LogP) is 0.938. The number of carbonyl (C=O) groups excluding carboxylic acids is 1. The zero-order valence-electron chi connectivity index (χ0n) is 14.7. The third kappa shape index (κ3) is 4.72. The Labute approximate surface area is 143 Å². The van der Waals surface area contributed by atoms with Gasteiger partial charge >= 0.3 is 0 Å². The molecule has 2 N–H and O–H groups in total. The number of likely N-dealkylation sites (tertiary alicyclic amines) is 1. The summed E-state index contributed by atoms with van der Waals surface area (Å²) in [5, 5.41) is 12.1. The van der Waals surface area contributed by atoms with Crippen LogP contribution in [0, 0.1) is 5.92 Å². The molecule has 2 aliphatic heterocycles. The molecule has 7 nitrogen and oxygen atoms in total. The van der Waals surface area contributed by atoms with Crippen LogP contribution in [-0.4, -0.2) is 57.5 Å². The molecule has 134 valence electrons. The molecule has 3 heterocycles. The van der Waals surface area contributed by atoms with Crippen LogP contribution in [0.15, 0.2) is 18.5 Å². The average Bonchev–Trinajstić information content (AvgIpc) is 3.18. The summed E-state index contributed by atoms with van der Waals surface area (Å²) in [5.41, 5.74) is -0.318. The molecule has 1 amide bonds. The van der Waals surface area contributed by atoms with Crippen LogP contribution in [0.2, 0.25) is 0 Å². The number of nitrogens with zero attached hydrogens (tertiary/aromatic N) is 3. The van der Waals surface area contributed by atoms with E-state index in [1.807, 2.05) is 18.7 Å². The van der Waals surface area contributed by atoms with Crippen LogP contribution in [0.1, 0.15) is 39.4 Å². The summed E-state index contributed by atoms with van der Waals surface area (Å²) in [6.45, 7) is 7.80. The van der Waals surface area contributed by atoms with Crippen molar-refractivity contribution in [2.24, 2.45) is 5.92 Å². The van der Waals surface area contributed by atoms with Crippen molar-refractivity contribution in [2.45, 2.75) is 51.9 Å². The molecule has 0 radical (unpaired) electrons. The lowest BCUT2D eigenvalue weighted by atomic mass is 10.1. The first-order chi connectivity index (χ1) is 11.4. The third-order valence-corrected chi connectivity index (χ3v) is 4.14. The van der Waals surface area contributed by atoms with E-state index in [1.54, 1.807) is 25.4 Å². The Kier molecular flexibility index (Phi) is 6.65. The molecule has 7 heteroatoms. The van der Waals surface area contributed by atoms with Crippen LogP contribution >= 0.6 is 0 Å². The lowest BCUT2D eigenvalue weighted by molar-refractivity contribution is -0.156. The monoisotopic (exact) mass is 336 g/mol. The fourth-order valence-electron chi connectivity index (χ4n) is 2.99. The summed E-state index contributed by atoms with van der Waals surface area (Å²) < 4.78 is 5.68. The molecule has 0 saturated carbocycles. The van der Waals surface area contributed by atoms with Crippen LogP contribution in [0.3, 0.4) is 0 Å². The van der Waals surface area contributed by atoms with E-state index in [0.29, 0.717) is 19.0 Å². The van der Waals surface area contributed by atoms with Gasteiger partial charge in [-0.3, -0.25) is 10.1 Å². The van der Waals surface area contributed by atoms with Crippen molar-refractivity contribution in [2.75, 3.05) is 19.8 Å². The molecule has 1 aromatic rings. The Morgan fingerprint density at radius 2 is 2.12 bits per heavy atom. The van der Waals surface area contributed by atoms with Gasteiger partial charge in [0.2, 0.25) is 5.91 Å². The topological polar surface area (TPSA) is 87.6 Å². The van der Waals surface area contributed by atoms with Crippen LogP contribution < -0.4 is 5.32 Å². The maximum Gasteiger partial charge on any atom is 0.227 e. The molecule has 0 aromatic carbocycles.